The quantitative estimate of drug-likeness (QED) is 0.638. The molecule has 0 radical (unpaired) electrons. The summed E-state index contributed by atoms with van der Waals surface area (Å²) in [6.45, 7) is 0.795. The first-order valence-corrected chi connectivity index (χ1v) is 5.07. The zero-order valence-corrected chi connectivity index (χ0v) is 9.20. The summed E-state index contributed by atoms with van der Waals surface area (Å²) in [7, 11) is 0. The Balaban J connectivity index is 3.04. The van der Waals surface area contributed by atoms with E-state index < -0.39 is 0 Å². The van der Waals surface area contributed by atoms with Crippen molar-refractivity contribution in [1.82, 2.24) is 0 Å². The predicted molar refractivity (Wildman–Crippen MR) is 65.6 cm³/mol. The summed E-state index contributed by atoms with van der Waals surface area (Å²) in [4.78, 5) is 1.68. The molecule has 0 aliphatic carbocycles. The number of aliphatic hydroxyl groups excluding tert-OH is 1. The fourth-order valence-electron chi connectivity index (χ4n) is 1.40. The van der Waals surface area contributed by atoms with Crippen LogP contribution in [0.5, 0.6) is 0 Å². The van der Waals surface area contributed by atoms with Crippen molar-refractivity contribution in [3.8, 4) is 0 Å². The van der Waals surface area contributed by atoms with Crippen LogP contribution in [-0.4, -0.2) is 23.4 Å². The lowest BCUT2D eigenvalue weighted by Gasteiger charge is -2.24. The minimum atomic E-state index is -0.00372. The molecule has 82 valence electrons. The molecule has 0 aromatic heterocycles. The Labute approximate surface area is 94.5 Å². The van der Waals surface area contributed by atoms with Gasteiger partial charge in [0.2, 0.25) is 0 Å². The first kappa shape index (κ1) is 11.9. The lowest BCUT2D eigenvalue weighted by atomic mass is 10.1. The average molecular weight is 225 g/mol. The van der Waals surface area contributed by atoms with Gasteiger partial charge in [-0.25, -0.2) is 0 Å². The second-order valence-electron chi connectivity index (χ2n) is 3.05. The molecule has 0 amide bonds. The molecular formula is C10H15N3OS. The van der Waals surface area contributed by atoms with Crippen molar-refractivity contribution in [3.63, 3.8) is 0 Å². The number of para-hydroxylation sites is 1. The maximum Gasteiger partial charge on any atom is 0.170 e. The Morgan fingerprint density at radius 1 is 1.40 bits per heavy atom. The van der Waals surface area contributed by atoms with E-state index >= 15 is 0 Å². The zero-order chi connectivity index (χ0) is 11.3. The number of rotatable bonds is 4. The van der Waals surface area contributed by atoms with E-state index in [1.54, 1.807) is 4.90 Å². The highest BCUT2D eigenvalue weighted by Gasteiger charge is 2.11. The predicted octanol–water partition coefficient (Wildman–Crippen LogP) is 0.188. The molecule has 5 heteroatoms. The summed E-state index contributed by atoms with van der Waals surface area (Å²) in [6, 6.07) is 7.59. The first-order chi connectivity index (χ1) is 7.20. The van der Waals surface area contributed by atoms with E-state index in [9.17, 15) is 0 Å². The second kappa shape index (κ2) is 5.65. The molecule has 0 atom stereocenters. The summed E-state index contributed by atoms with van der Waals surface area (Å²) in [5.41, 5.74) is 13.0. The molecular weight excluding hydrogens is 210 g/mol. The number of aliphatic hydroxyl groups is 1. The molecule has 0 fully saturated rings. The van der Waals surface area contributed by atoms with Gasteiger partial charge in [-0.1, -0.05) is 18.2 Å². The highest BCUT2D eigenvalue weighted by Crippen LogP contribution is 2.19. The van der Waals surface area contributed by atoms with E-state index in [1.807, 2.05) is 24.3 Å². The van der Waals surface area contributed by atoms with Crippen LogP contribution in [0.3, 0.4) is 0 Å². The molecule has 0 aliphatic heterocycles. The van der Waals surface area contributed by atoms with Crippen molar-refractivity contribution in [3.05, 3.63) is 29.8 Å². The van der Waals surface area contributed by atoms with Crippen molar-refractivity contribution in [2.75, 3.05) is 18.1 Å². The third-order valence-corrected chi connectivity index (χ3v) is 2.31. The van der Waals surface area contributed by atoms with Crippen LogP contribution in [0.15, 0.2) is 24.3 Å². The normalized spacial score (nSPS) is 10.0. The molecule has 15 heavy (non-hydrogen) atoms. The minimum absolute atomic E-state index is 0.00372. The standard InChI is InChI=1S/C10H15N3OS/c11-7-8-3-1-2-4-9(8)13(5-6-14)10(12)15/h1-4,14H,5-7,11H2,(H2,12,15). The second-order valence-corrected chi connectivity index (χ2v) is 3.46. The van der Waals surface area contributed by atoms with Crippen LogP contribution in [-0.2, 0) is 6.54 Å². The molecule has 0 aliphatic rings. The fraction of sp³-hybridized carbons (Fsp3) is 0.300. The largest absolute Gasteiger partial charge is 0.395 e. The van der Waals surface area contributed by atoms with Crippen LogP contribution < -0.4 is 16.4 Å². The lowest BCUT2D eigenvalue weighted by Crippen LogP contribution is -2.38. The zero-order valence-electron chi connectivity index (χ0n) is 8.39. The lowest BCUT2D eigenvalue weighted by molar-refractivity contribution is 0.306. The van der Waals surface area contributed by atoms with E-state index in [0.717, 1.165) is 11.3 Å². The molecule has 1 aromatic carbocycles. The smallest absolute Gasteiger partial charge is 0.170 e. The van der Waals surface area contributed by atoms with Crippen molar-refractivity contribution >= 4 is 23.0 Å². The molecule has 0 heterocycles. The van der Waals surface area contributed by atoms with Crippen LogP contribution in [0.25, 0.3) is 0 Å². The van der Waals surface area contributed by atoms with Gasteiger partial charge in [0.1, 0.15) is 0 Å². The van der Waals surface area contributed by atoms with Gasteiger partial charge in [0.15, 0.2) is 5.11 Å². The number of hydrogen-bond acceptors (Lipinski definition) is 3. The Morgan fingerprint density at radius 2 is 2.07 bits per heavy atom. The SMILES string of the molecule is NCc1ccccc1N(CCO)C(N)=S. The highest BCUT2D eigenvalue weighted by molar-refractivity contribution is 7.80. The molecule has 0 bridgehead atoms. The molecule has 0 saturated carbocycles. The number of thiocarbonyl (C=S) groups is 1. The molecule has 1 aromatic rings. The molecule has 0 saturated heterocycles. The van der Waals surface area contributed by atoms with Crippen LogP contribution in [0.1, 0.15) is 5.56 Å². The number of nitrogens with two attached hydrogens (primary N) is 2. The Hall–Kier alpha value is -1.17. The topological polar surface area (TPSA) is 75.5 Å². The highest BCUT2D eigenvalue weighted by atomic mass is 32.1. The monoisotopic (exact) mass is 225 g/mol. The maximum atomic E-state index is 8.92. The van der Waals surface area contributed by atoms with E-state index in [1.165, 1.54) is 0 Å². The molecule has 0 spiro atoms. The van der Waals surface area contributed by atoms with E-state index in [4.69, 9.17) is 28.8 Å². The van der Waals surface area contributed by atoms with E-state index in [-0.39, 0.29) is 11.7 Å². The summed E-state index contributed by atoms with van der Waals surface area (Å²) < 4.78 is 0. The summed E-state index contributed by atoms with van der Waals surface area (Å²) >= 11 is 4.92. The van der Waals surface area contributed by atoms with Gasteiger partial charge < -0.3 is 21.5 Å². The van der Waals surface area contributed by atoms with Crippen molar-refractivity contribution < 1.29 is 5.11 Å². The van der Waals surface area contributed by atoms with Crippen LogP contribution >= 0.6 is 12.2 Å². The van der Waals surface area contributed by atoms with Crippen LogP contribution in [0, 0.1) is 0 Å². The Morgan fingerprint density at radius 3 is 2.60 bits per heavy atom. The number of benzene rings is 1. The first-order valence-electron chi connectivity index (χ1n) is 4.66. The van der Waals surface area contributed by atoms with Crippen molar-refractivity contribution in [2.24, 2.45) is 11.5 Å². The summed E-state index contributed by atoms with van der Waals surface area (Å²) in [5.74, 6) is 0. The minimum Gasteiger partial charge on any atom is -0.395 e. The third kappa shape index (κ3) is 2.89. The molecule has 4 nitrogen and oxygen atoms in total. The number of nitrogens with zero attached hydrogens (tertiary/aromatic N) is 1. The Bertz CT molecular complexity index is 343. The number of anilines is 1. The Kier molecular flexibility index (Phi) is 4.48. The molecule has 0 unspecified atom stereocenters. The van der Waals surface area contributed by atoms with Gasteiger partial charge in [-0.15, -0.1) is 0 Å². The van der Waals surface area contributed by atoms with Gasteiger partial charge >= 0.3 is 0 Å². The van der Waals surface area contributed by atoms with Gasteiger partial charge in [0, 0.05) is 18.8 Å². The maximum absolute atomic E-state index is 8.92. The van der Waals surface area contributed by atoms with Gasteiger partial charge in [0.05, 0.1) is 6.61 Å². The van der Waals surface area contributed by atoms with Gasteiger partial charge in [-0.3, -0.25) is 0 Å². The van der Waals surface area contributed by atoms with Gasteiger partial charge in [0.25, 0.3) is 0 Å². The van der Waals surface area contributed by atoms with E-state index in [2.05, 4.69) is 0 Å². The van der Waals surface area contributed by atoms with Gasteiger partial charge in [-0.2, -0.15) is 0 Å². The van der Waals surface area contributed by atoms with Gasteiger partial charge in [-0.05, 0) is 23.8 Å². The average Bonchev–Trinajstić information content (AvgIpc) is 2.25. The third-order valence-electron chi connectivity index (χ3n) is 2.09. The summed E-state index contributed by atoms with van der Waals surface area (Å²) in [5, 5.41) is 9.16. The van der Waals surface area contributed by atoms with Crippen LogP contribution in [0.2, 0.25) is 0 Å². The molecule has 5 N–H and O–H groups in total. The van der Waals surface area contributed by atoms with Crippen LogP contribution in [0.4, 0.5) is 5.69 Å². The van der Waals surface area contributed by atoms with E-state index in [0.29, 0.717) is 13.1 Å². The fourth-order valence-corrected chi connectivity index (χ4v) is 1.59. The van der Waals surface area contributed by atoms with Crippen molar-refractivity contribution in [2.45, 2.75) is 6.54 Å². The van der Waals surface area contributed by atoms with Crippen molar-refractivity contribution in [1.29, 1.82) is 0 Å². The number of hydrogen-bond donors (Lipinski definition) is 3. The summed E-state index contributed by atoms with van der Waals surface area (Å²) in [6.07, 6.45) is 0. The molecule has 1 rings (SSSR count).